The number of hydrogen-bond acceptors (Lipinski definition) is 4. The molecule has 0 atom stereocenters. The van der Waals surface area contributed by atoms with Crippen molar-refractivity contribution in [1.29, 1.82) is 0 Å². The van der Waals surface area contributed by atoms with Gasteiger partial charge >= 0.3 is 0 Å². The summed E-state index contributed by atoms with van der Waals surface area (Å²) in [5.74, 6) is 1.32. The van der Waals surface area contributed by atoms with E-state index in [-0.39, 0.29) is 5.91 Å². The molecule has 1 aromatic carbocycles. The van der Waals surface area contributed by atoms with Gasteiger partial charge in [-0.15, -0.1) is 0 Å². The number of furan rings is 1. The van der Waals surface area contributed by atoms with Crippen molar-refractivity contribution in [3.8, 4) is 5.75 Å². The molecule has 24 heavy (non-hydrogen) atoms. The molecule has 1 aliphatic heterocycles. The van der Waals surface area contributed by atoms with Crippen molar-refractivity contribution in [2.24, 2.45) is 0 Å². The standard InChI is InChI=1S/C19H24N2O3/c1-12-16-11-15(23-2)5-6-17(16)24-18(12)19(22)21(13-3-4-13)14-7-9-20-10-8-14/h5-6,11,13-14,20H,3-4,7-10H2,1-2H3. The van der Waals surface area contributed by atoms with Crippen molar-refractivity contribution < 1.29 is 13.9 Å². The van der Waals surface area contributed by atoms with Crippen LogP contribution in [0.2, 0.25) is 0 Å². The summed E-state index contributed by atoms with van der Waals surface area (Å²) in [5.41, 5.74) is 1.66. The number of carbonyl (C=O) groups excluding carboxylic acids is 1. The fraction of sp³-hybridized carbons (Fsp3) is 0.526. The number of piperidine rings is 1. The number of nitrogens with zero attached hydrogens (tertiary/aromatic N) is 1. The predicted molar refractivity (Wildman–Crippen MR) is 92.6 cm³/mol. The van der Waals surface area contributed by atoms with Crippen LogP contribution < -0.4 is 10.1 Å². The summed E-state index contributed by atoms with van der Waals surface area (Å²) in [4.78, 5) is 15.4. The molecule has 2 aliphatic rings. The largest absolute Gasteiger partial charge is 0.497 e. The van der Waals surface area contributed by atoms with Crippen molar-refractivity contribution in [3.05, 3.63) is 29.5 Å². The summed E-state index contributed by atoms with van der Waals surface area (Å²) in [6.07, 6.45) is 4.27. The second-order valence-electron chi connectivity index (χ2n) is 6.84. The molecule has 1 saturated carbocycles. The number of ether oxygens (including phenoxy) is 1. The predicted octanol–water partition coefficient (Wildman–Crippen LogP) is 3.11. The van der Waals surface area contributed by atoms with E-state index >= 15 is 0 Å². The molecule has 1 aliphatic carbocycles. The normalized spacial score (nSPS) is 18.8. The Morgan fingerprint density at radius 1 is 1.21 bits per heavy atom. The molecular formula is C19H24N2O3. The Morgan fingerprint density at radius 3 is 2.58 bits per heavy atom. The van der Waals surface area contributed by atoms with Gasteiger partial charge in [0.05, 0.1) is 7.11 Å². The first kappa shape index (κ1) is 15.5. The molecule has 2 heterocycles. The summed E-state index contributed by atoms with van der Waals surface area (Å²) in [6.45, 7) is 3.93. The second-order valence-corrected chi connectivity index (χ2v) is 6.84. The first-order chi connectivity index (χ1) is 11.7. The molecule has 0 unspecified atom stereocenters. The molecule has 128 valence electrons. The molecule has 5 nitrogen and oxygen atoms in total. The molecular weight excluding hydrogens is 304 g/mol. The Morgan fingerprint density at radius 2 is 1.92 bits per heavy atom. The van der Waals surface area contributed by atoms with Crippen molar-refractivity contribution in [3.63, 3.8) is 0 Å². The maximum atomic E-state index is 13.3. The van der Waals surface area contributed by atoms with Crippen LogP contribution in [0.4, 0.5) is 0 Å². The number of aryl methyl sites for hydroxylation is 1. The number of methoxy groups -OCH3 is 1. The SMILES string of the molecule is COc1ccc2oc(C(=O)N(C3CCNCC3)C3CC3)c(C)c2c1. The first-order valence-electron chi connectivity index (χ1n) is 8.79. The molecule has 4 rings (SSSR count). The highest BCUT2D eigenvalue weighted by Gasteiger charge is 2.39. The Bertz CT molecular complexity index is 757. The zero-order valence-electron chi connectivity index (χ0n) is 14.3. The average molecular weight is 328 g/mol. The Hall–Kier alpha value is -2.01. The van der Waals surface area contributed by atoms with Gasteiger partial charge in [0.25, 0.3) is 5.91 Å². The monoisotopic (exact) mass is 328 g/mol. The van der Waals surface area contributed by atoms with Gasteiger partial charge in [0.15, 0.2) is 5.76 Å². The molecule has 0 spiro atoms. The zero-order chi connectivity index (χ0) is 16.7. The highest BCUT2D eigenvalue weighted by Crippen LogP contribution is 2.35. The van der Waals surface area contributed by atoms with Gasteiger partial charge in [-0.1, -0.05) is 0 Å². The molecule has 1 amide bonds. The van der Waals surface area contributed by atoms with Crippen LogP contribution in [0.5, 0.6) is 5.75 Å². The quantitative estimate of drug-likeness (QED) is 0.937. The number of carbonyl (C=O) groups is 1. The minimum absolute atomic E-state index is 0.0528. The number of benzene rings is 1. The van der Waals surface area contributed by atoms with E-state index in [4.69, 9.17) is 9.15 Å². The summed E-state index contributed by atoms with van der Waals surface area (Å²) in [5, 5.41) is 4.34. The lowest BCUT2D eigenvalue weighted by Crippen LogP contribution is -2.47. The number of fused-ring (bicyclic) bond motifs is 1. The van der Waals surface area contributed by atoms with E-state index in [9.17, 15) is 4.79 Å². The van der Waals surface area contributed by atoms with Crippen molar-refractivity contribution >= 4 is 16.9 Å². The Labute approximate surface area is 141 Å². The van der Waals surface area contributed by atoms with Crippen molar-refractivity contribution in [2.45, 2.75) is 44.7 Å². The van der Waals surface area contributed by atoms with E-state index < -0.39 is 0 Å². The van der Waals surface area contributed by atoms with E-state index in [2.05, 4.69) is 10.2 Å². The highest BCUT2D eigenvalue weighted by atomic mass is 16.5. The zero-order valence-corrected chi connectivity index (χ0v) is 14.3. The van der Waals surface area contributed by atoms with Gasteiger partial charge in [0.1, 0.15) is 11.3 Å². The lowest BCUT2D eigenvalue weighted by atomic mass is 10.0. The van der Waals surface area contributed by atoms with Crippen LogP contribution in [0.3, 0.4) is 0 Å². The topological polar surface area (TPSA) is 54.7 Å². The average Bonchev–Trinajstić information content (AvgIpc) is 3.39. The van der Waals surface area contributed by atoms with Crippen LogP contribution >= 0.6 is 0 Å². The maximum Gasteiger partial charge on any atom is 0.290 e. The molecule has 2 aromatic rings. The van der Waals surface area contributed by atoms with Crippen molar-refractivity contribution in [2.75, 3.05) is 20.2 Å². The minimum atomic E-state index is 0.0528. The molecule has 1 aromatic heterocycles. The minimum Gasteiger partial charge on any atom is -0.497 e. The molecule has 1 saturated heterocycles. The van der Waals surface area contributed by atoms with Gasteiger partial charge in [-0.05, 0) is 63.9 Å². The van der Waals surface area contributed by atoms with E-state index in [0.717, 1.165) is 61.1 Å². The fourth-order valence-electron chi connectivity index (χ4n) is 3.72. The second kappa shape index (κ2) is 6.13. The van der Waals surface area contributed by atoms with E-state index in [1.807, 2.05) is 25.1 Å². The smallest absolute Gasteiger partial charge is 0.290 e. The van der Waals surface area contributed by atoms with Gasteiger partial charge in [-0.2, -0.15) is 0 Å². The summed E-state index contributed by atoms with van der Waals surface area (Å²) in [6, 6.07) is 6.41. The van der Waals surface area contributed by atoms with E-state index in [1.54, 1.807) is 7.11 Å². The molecule has 0 radical (unpaired) electrons. The lowest BCUT2D eigenvalue weighted by Gasteiger charge is -2.34. The van der Waals surface area contributed by atoms with Crippen LogP contribution in [-0.2, 0) is 0 Å². The fourth-order valence-corrected chi connectivity index (χ4v) is 3.72. The van der Waals surface area contributed by atoms with Gasteiger partial charge in [0.2, 0.25) is 0 Å². The Balaban J connectivity index is 1.69. The number of rotatable bonds is 4. The summed E-state index contributed by atoms with van der Waals surface area (Å²) in [7, 11) is 1.65. The third kappa shape index (κ3) is 2.67. The summed E-state index contributed by atoms with van der Waals surface area (Å²) < 4.78 is 11.2. The molecule has 2 fully saturated rings. The van der Waals surface area contributed by atoms with Crippen LogP contribution in [0.25, 0.3) is 11.0 Å². The van der Waals surface area contributed by atoms with Crippen LogP contribution in [0, 0.1) is 6.92 Å². The number of hydrogen-bond donors (Lipinski definition) is 1. The first-order valence-corrected chi connectivity index (χ1v) is 8.79. The lowest BCUT2D eigenvalue weighted by molar-refractivity contribution is 0.0591. The van der Waals surface area contributed by atoms with Crippen molar-refractivity contribution in [1.82, 2.24) is 10.2 Å². The van der Waals surface area contributed by atoms with E-state index in [1.165, 1.54) is 0 Å². The van der Waals surface area contributed by atoms with Gasteiger partial charge in [-0.3, -0.25) is 4.79 Å². The maximum absolute atomic E-state index is 13.3. The number of nitrogens with one attached hydrogen (secondary N) is 1. The third-order valence-corrected chi connectivity index (χ3v) is 5.21. The van der Waals surface area contributed by atoms with Gasteiger partial charge < -0.3 is 19.4 Å². The van der Waals surface area contributed by atoms with Crippen LogP contribution in [0.15, 0.2) is 22.6 Å². The highest BCUT2D eigenvalue weighted by molar-refractivity contribution is 5.99. The van der Waals surface area contributed by atoms with Crippen LogP contribution in [0.1, 0.15) is 41.8 Å². The third-order valence-electron chi connectivity index (χ3n) is 5.21. The molecule has 5 heteroatoms. The van der Waals surface area contributed by atoms with Gasteiger partial charge in [-0.25, -0.2) is 0 Å². The number of amides is 1. The molecule has 0 bridgehead atoms. The van der Waals surface area contributed by atoms with Gasteiger partial charge in [0, 0.05) is 23.0 Å². The Kier molecular flexibility index (Phi) is 3.96. The summed E-state index contributed by atoms with van der Waals surface area (Å²) >= 11 is 0. The van der Waals surface area contributed by atoms with Crippen LogP contribution in [-0.4, -0.2) is 43.1 Å². The molecule has 1 N–H and O–H groups in total. The van der Waals surface area contributed by atoms with E-state index in [0.29, 0.717) is 17.8 Å².